The molecule has 0 aromatic carbocycles. The van der Waals surface area contributed by atoms with Crippen LogP contribution in [0.15, 0.2) is 0 Å². The van der Waals surface area contributed by atoms with Crippen LogP contribution in [0.3, 0.4) is 0 Å². The van der Waals surface area contributed by atoms with E-state index in [1.54, 1.807) is 0 Å². The summed E-state index contributed by atoms with van der Waals surface area (Å²) in [5.41, 5.74) is -0.156. The van der Waals surface area contributed by atoms with Gasteiger partial charge in [0, 0.05) is 24.5 Å². The van der Waals surface area contributed by atoms with Crippen molar-refractivity contribution in [1.29, 1.82) is 0 Å². The molecular weight excluding hydrogens is 319 g/mol. The van der Waals surface area contributed by atoms with E-state index >= 15 is 0 Å². The van der Waals surface area contributed by atoms with Crippen LogP contribution in [0.25, 0.3) is 0 Å². The fourth-order valence-corrected chi connectivity index (χ4v) is 3.96. The molecule has 1 saturated heterocycles. The number of nitrogens with zero attached hydrogens (tertiary/aromatic N) is 1. The number of carboxylic acid groups (broad SMARTS) is 1. The Balaban J connectivity index is 2.94. The van der Waals surface area contributed by atoms with Crippen LogP contribution < -0.4 is 4.72 Å². The number of halogens is 1. The van der Waals surface area contributed by atoms with Gasteiger partial charge in [-0.25, -0.2) is 9.18 Å². The number of likely N-dealkylation sites (tertiary alicyclic amines) is 1. The highest BCUT2D eigenvalue weighted by molar-refractivity contribution is 7.90. The van der Waals surface area contributed by atoms with E-state index in [0.717, 1.165) is 0 Å². The molecule has 0 spiro atoms. The number of rotatable bonds is 4. The van der Waals surface area contributed by atoms with E-state index in [4.69, 9.17) is 0 Å². The van der Waals surface area contributed by atoms with Gasteiger partial charge in [-0.1, -0.05) is 20.8 Å². The maximum atomic E-state index is 13.7. The van der Waals surface area contributed by atoms with Crippen LogP contribution in [-0.4, -0.2) is 51.2 Å². The molecule has 1 fully saturated rings. The third kappa shape index (κ3) is 5.50. The second-order valence-corrected chi connectivity index (χ2v) is 10.4. The zero-order valence-electron chi connectivity index (χ0n) is 15.1. The maximum absolute atomic E-state index is 13.7. The number of piperidine rings is 1. The topological polar surface area (TPSA) is 75.6 Å². The summed E-state index contributed by atoms with van der Waals surface area (Å²) in [7, 11) is 0. The largest absolute Gasteiger partial charge is 0.598 e. The SMILES string of the molecule is CC(C)(C)C1CN(C(=O)O)CCC1[C@H](CF)N[S+]([O-])C(C)(C)C. The Labute approximate surface area is 142 Å². The molecule has 7 heteroatoms. The normalized spacial score (nSPS) is 26.0. The van der Waals surface area contributed by atoms with Crippen molar-refractivity contribution in [3.63, 3.8) is 0 Å². The van der Waals surface area contributed by atoms with Gasteiger partial charge in [-0.3, -0.25) is 0 Å². The van der Waals surface area contributed by atoms with Gasteiger partial charge in [-0.05, 0) is 44.4 Å². The van der Waals surface area contributed by atoms with Crippen molar-refractivity contribution in [2.75, 3.05) is 19.8 Å². The lowest BCUT2D eigenvalue weighted by atomic mass is 9.68. The van der Waals surface area contributed by atoms with Crippen molar-refractivity contribution in [1.82, 2.24) is 9.62 Å². The number of nitrogens with one attached hydrogen (secondary N) is 1. The second kappa shape index (κ2) is 7.57. The van der Waals surface area contributed by atoms with Crippen molar-refractivity contribution in [3.05, 3.63) is 0 Å². The Morgan fingerprint density at radius 1 is 1.39 bits per heavy atom. The minimum Gasteiger partial charge on any atom is -0.598 e. The van der Waals surface area contributed by atoms with Gasteiger partial charge in [-0.15, -0.1) is 4.72 Å². The minimum absolute atomic E-state index is 0.0116. The first-order valence-electron chi connectivity index (χ1n) is 8.09. The average molecular weight is 351 g/mol. The number of carbonyl (C=O) groups is 1. The smallest absolute Gasteiger partial charge is 0.407 e. The van der Waals surface area contributed by atoms with Crippen molar-refractivity contribution < 1.29 is 18.8 Å². The summed E-state index contributed by atoms with van der Waals surface area (Å²) >= 11 is -1.35. The molecule has 1 aliphatic rings. The summed E-state index contributed by atoms with van der Waals surface area (Å²) < 4.78 is 28.5. The zero-order chi connectivity index (χ0) is 18.0. The second-order valence-electron chi connectivity index (χ2n) is 8.41. The molecule has 0 aromatic heterocycles. The Morgan fingerprint density at radius 3 is 2.35 bits per heavy atom. The van der Waals surface area contributed by atoms with E-state index in [2.05, 4.69) is 4.72 Å². The molecule has 3 unspecified atom stereocenters. The number of hydrogen-bond donors (Lipinski definition) is 2. The Morgan fingerprint density at radius 2 is 1.96 bits per heavy atom. The first-order valence-corrected chi connectivity index (χ1v) is 9.24. The standard InChI is InChI=1S/C16H31FN2O3S/c1-15(2,3)12-10-19(14(20)21)8-7-11(12)13(9-17)18-23(22)16(4,5)6/h11-13,18H,7-10H2,1-6H3,(H,20,21)/t11?,12?,13-,23?/m0/s1. The molecule has 0 radical (unpaired) electrons. The minimum atomic E-state index is -1.35. The van der Waals surface area contributed by atoms with Crippen LogP contribution in [-0.2, 0) is 11.4 Å². The molecule has 0 aromatic rings. The Kier molecular flexibility index (Phi) is 6.75. The van der Waals surface area contributed by atoms with Crippen molar-refractivity contribution >= 4 is 17.5 Å². The first kappa shape index (κ1) is 20.5. The molecule has 1 aliphatic heterocycles. The van der Waals surface area contributed by atoms with Crippen LogP contribution in [0.1, 0.15) is 48.0 Å². The van der Waals surface area contributed by atoms with E-state index in [1.807, 2.05) is 41.5 Å². The highest BCUT2D eigenvalue weighted by Gasteiger charge is 2.44. The molecule has 0 aliphatic carbocycles. The van der Waals surface area contributed by atoms with E-state index in [0.29, 0.717) is 19.5 Å². The Bertz CT molecular complexity index is 409. The van der Waals surface area contributed by atoms with Crippen LogP contribution in [0.5, 0.6) is 0 Å². The molecule has 5 nitrogen and oxygen atoms in total. The highest BCUT2D eigenvalue weighted by atomic mass is 32.2. The molecule has 0 saturated carbocycles. The summed E-state index contributed by atoms with van der Waals surface area (Å²) in [6.07, 6.45) is -0.349. The first-order chi connectivity index (χ1) is 10.4. The summed E-state index contributed by atoms with van der Waals surface area (Å²) in [5.74, 6) is -0.0283. The predicted octanol–water partition coefficient (Wildman–Crippen LogP) is 3.04. The molecule has 1 heterocycles. The van der Waals surface area contributed by atoms with Crippen LogP contribution >= 0.6 is 0 Å². The van der Waals surface area contributed by atoms with Gasteiger partial charge < -0.3 is 14.6 Å². The fraction of sp³-hybridized carbons (Fsp3) is 0.938. The van der Waals surface area contributed by atoms with Gasteiger partial charge in [0.05, 0.1) is 6.04 Å². The van der Waals surface area contributed by atoms with Gasteiger partial charge in [0.2, 0.25) is 0 Å². The lowest BCUT2D eigenvalue weighted by Crippen LogP contribution is -2.56. The maximum Gasteiger partial charge on any atom is 0.407 e. The number of alkyl halides is 1. The molecule has 136 valence electrons. The van der Waals surface area contributed by atoms with E-state index in [9.17, 15) is 18.8 Å². The molecule has 1 rings (SSSR count). The van der Waals surface area contributed by atoms with Gasteiger partial charge in [0.25, 0.3) is 0 Å². The molecule has 23 heavy (non-hydrogen) atoms. The summed E-state index contributed by atoms with van der Waals surface area (Å²) in [6.45, 7) is 11.9. The summed E-state index contributed by atoms with van der Waals surface area (Å²) in [5, 5.41) is 9.24. The number of hydrogen-bond acceptors (Lipinski definition) is 3. The Hall–Kier alpha value is -0.530. The van der Waals surface area contributed by atoms with Gasteiger partial charge >= 0.3 is 6.09 Å². The van der Waals surface area contributed by atoms with E-state index in [-0.39, 0.29) is 17.3 Å². The van der Waals surface area contributed by atoms with Crippen LogP contribution in [0.4, 0.5) is 9.18 Å². The summed E-state index contributed by atoms with van der Waals surface area (Å²) in [6, 6.07) is -0.518. The quantitative estimate of drug-likeness (QED) is 0.764. The van der Waals surface area contributed by atoms with Crippen molar-refractivity contribution in [3.8, 4) is 0 Å². The predicted molar refractivity (Wildman–Crippen MR) is 91.4 cm³/mol. The van der Waals surface area contributed by atoms with Crippen LogP contribution in [0.2, 0.25) is 0 Å². The van der Waals surface area contributed by atoms with Gasteiger partial charge in [0.1, 0.15) is 11.4 Å². The average Bonchev–Trinajstić information content (AvgIpc) is 2.41. The number of amides is 1. The summed E-state index contributed by atoms with van der Waals surface area (Å²) in [4.78, 5) is 12.7. The molecule has 4 atom stereocenters. The third-order valence-electron chi connectivity index (χ3n) is 4.55. The highest BCUT2D eigenvalue weighted by Crippen LogP contribution is 2.39. The lowest BCUT2D eigenvalue weighted by Gasteiger charge is -2.46. The molecule has 2 N–H and O–H groups in total. The third-order valence-corrected chi connectivity index (χ3v) is 6.18. The molecular formula is C16H31FN2O3S. The monoisotopic (exact) mass is 350 g/mol. The van der Waals surface area contributed by atoms with E-state index in [1.165, 1.54) is 4.90 Å². The lowest BCUT2D eigenvalue weighted by molar-refractivity contribution is 0.0295. The van der Waals surface area contributed by atoms with Crippen molar-refractivity contribution in [2.45, 2.75) is 58.8 Å². The van der Waals surface area contributed by atoms with Crippen LogP contribution in [0, 0.1) is 17.3 Å². The van der Waals surface area contributed by atoms with Crippen molar-refractivity contribution in [2.24, 2.45) is 17.3 Å². The zero-order valence-corrected chi connectivity index (χ0v) is 15.9. The van der Waals surface area contributed by atoms with Gasteiger partial charge in [0.15, 0.2) is 0 Å². The van der Waals surface area contributed by atoms with Gasteiger partial charge in [-0.2, -0.15) is 0 Å². The molecule has 1 amide bonds. The fourth-order valence-electron chi connectivity index (χ4n) is 3.09. The molecule has 0 bridgehead atoms. The van der Waals surface area contributed by atoms with E-state index < -0.39 is 34.9 Å².